The minimum Gasteiger partial charge on any atom is -0.491 e. The fourth-order valence-electron chi connectivity index (χ4n) is 4.51. The molecule has 9 heteroatoms. The summed E-state index contributed by atoms with van der Waals surface area (Å²) in [4.78, 5) is 16.5. The number of amides is 1. The minimum absolute atomic E-state index is 0.0653. The maximum atomic E-state index is 13.7. The first-order chi connectivity index (χ1) is 17.3. The Morgan fingerprint density at radius 3 is 2.64 bits per heavy atom. The van der Waals surface area contributed by atoms with Crippen molar-refractivity contribution in [2.45, 2.75) is 43.7 Å². The van der Waals surface area contributed by atoms with E-state index in [1.165, 1.54) is 11.3 Å². The smallest absolute Gasteiger partial charge is 0.264 e. The summed E-state index contributed by atoms with van der Waals surface area (Å²) in [5, 5.41) is 2.45. The number of nitrogens with zero attached hydrogens (tertiary/aromatic N) is 1. The molecule has 1 aliphatic carbocycles. The fraction of sp³-hybridized carbons (Fsp3) is 0.370. The van der Waals surface area contributed by atoms with E-state index in [2.05, 4.69) is 0 Å². The van der Waals surface area contributed by atoms with Crippen LogP contribution in [-0.2, 0) is 34.0 Å². The van der Waals surface area contributed by atoms with Gasteiger partial charge in [0.05, 0.1) is 28.7 Å². The van der Waals surface area contributed by atoms with Crippen molar-refractivity contribution in [1.82, 2.24) is 4.90 Å². The molecule has 0 saturated carbocycles. The Bertz CT molecular complexity index is 1310. The summed E-state index contributed by atoms with van der Waals surface area (Å²) in [7, 11) is -1.70. The third-order valence-corrected chi connectivity index (χ3v) is 9.27. The lowest BCUT2D eigenvalue weighted by Crippen LogP contribution is -2.40. The van der Waals surface area contributed by atoms with Gasteiger partial charge in [0, 0.05) is 23.7 Å². The molecule has 36 heavy (non-hydrogen) atoms. The van der Waals surface area contributed by atoms with Crippen molar-refractivity contribution in [3.63, 3.8) is 0 Å². The van der Waals surface area contributed by atoms with Crippen molar-refractivity contribution in [3.05, 3.63) is 80.5 Å². The second-order valence-corrected chi connectivity index (χ2v) is 12.3. The Balaban J connectivity index is 1.64. The molecule has 0 bridgehead atoms. The molecule has 1 amide bonds. The highest BCUT2D eigenvalue weighted by atomic mass is 35.5. The molecule has 1 aromatic heterocycles. The zero-order valence-corrected chi connectivity index (χ0v) is 22.8. The molecule has 3 aromatic rings. The number of sulfone groups is 1. The Labute approximate surface area is 221 Å². The topological polar surface area (TPSA) is 72.9 Å². The first-order valence-electron chi connectivity index (χ1n) is 11.9. The van der Waals surface area contributed by atoms with Crippen LogP contribution in [0.5, 0.6) is 5.75 Å². The molecule has 0 saturated heterocycles. The van der Waals surface area contributed by atoms with Gasteiger partial charge in [-0.2, -0.15) is 0 Å². The van der Waals surface area contributed by atoms with Gasteiger partial charge in [0.1, 0.15) is 12.4 Å². The molecule has 6 nitrogen and oxygen atoms in total. The molecule has 1 unspecified atom stereocenters. The van der Waals surface area contributed by atoms with Crippen molar-refractivity contribution < 1.29 is 22.7 Å². The van der Waals surface area contributed by atoms with Crippen LogP contribution < -0.4 is 4.74 Å². The van der Waals surface area contributed by atoms with Crippen LogP contribution in [0.4, 0.5) is 0 Å². The zero-order chi connectivity index (χ0) is 25.7. The van der Waals surface area contributed by atoms with Crippen LogP contribution in [0.3, 0.4) is 0 Å². The molecule has 192 valence electrons. The number of halogens is 1. The van der Waals surface area contributed by atoms with E-state index in [0.717, 1.165) is 16.7 Å². The van der Waals surface area contributed by atoms with Crippen LogP contribution in [0.1, 0.15) is 39.7 Å². The number of rotatable bonds is 11. The predicted octanol–water partition coefficient (Wildman–Crippen LogP) is 5.42. The van der Waals surface area contributed by atoms with E-state index < -0.39 is 9.84 Å². The fourth-order valence-corrected chi connectivity index (χ4v) is 6.76. The highest BCUT2D eigenvalue weighted by Crippen LogP contribution is 2.33. The number of thiophene rings is 1. The molecule has 1 heterocycles. The van der Waals surface area contributed by atoms with Crippen LogP contribution in [0.2, 0.25) is 5.02 Å². The second-order valence-electron chi connectivity index (χ2n) is 8.82. The predicted molar refractivity (Wildman–Crippen MR) is 143 cm³/mol. The quantitative estimate of drug-likeness (QED) is 0.300. The number of hydrogen-bond donors (Lipinski definition) is 0. The van der Waals surface area contributed by atoms with Crippen molar-refractivity contribution >= 4 is 38.7 Å². The van der Waals surface area contributed by atoms with Gasteiger partial charge in [-0.25, -0.2) is 8.42 Å². The van der Waals surface area contributed by atoms with Gasteiger partial charge in [0.25, 0.3) is 5.91 Å². The maximum Gasteiger partial charge on any atom is 0.264 e. The van der Waals surface area contributed by atoms with Gasteiger partial charge >= 0.3 is 0 Å². The van der Waals surface area contributed by atoms with Crippen LogP contribution in [0.15, 0.2) is 58.8 Å². The van der Waals surface area contributed by atoms with E-state index in [-0.39, 0.29) is 17.7 Å². The Kier molecular flexibility index (Phi) is 8.72. The summed E-state index contributed by atoms with van der Waals surface area (Å²) >= 11 is 7.72. The van der Waals surface area contributed by atoms with E-state index in [0.29, 0.717) is 59.6 Å². The number of ether oxygens (including phenoxy) is 2. The molecule has 0 fully saturated rings. The lowest BCUT2D eigenvalue weighted by atomic mass is 10.1. The summed E-state index contributed by atoms with van der Waals surface area (Å²) in [5.74, 6) is 0.715. The molecule has 0 aliphatic heterocycles. The second kappa shape index (κ2) is 11.8. The van der Waals surface area contributed by atoms with Gasteiger partial charge in [-0.1, -0.05) is 30.7 Å². The largest absolute Gasteiger partial charge is 0.491 e. The normalized spacial score (nSPS) is 15.0. The summed E-state index contributed by atoms with van der Waals surface area (Å²) in [6.45, 7) is 3.01. The van der Waals surface area contributed by atoms with Gasteiger partial charge in [0.2, 0.25) is 0 Å². The van der Waals surface area contributed by atoms with E-state index in [1.807, 2.05) is 47.5 Å². The molecular formula is C27H30ClNO5S2. The third kappa shape index (κ3) is 6.11. The molecular weight excluding hydrogens is 518 g/mol. The molecule has 0 radical (unpaired) electrons. The van der Waals surface area contributed by atoms with E-state index in [4.69, 9.17) is 21.1 Å². The Morgan fingerprint density at radius 2 is 1.92 bits per heavy atom. The zero-order valence-electron chi connectivity index (χ0n) is 20.4. The average molecular weight is 548 g/mol. The van der Waals surface area contributed by atoms with Crippen molar-refractivity contribution in [2.24, 2.45) is 0 Å². The minimum atomic E-state index is -3.31. The van der Waals surface area contributed by atoms with Gasteiger partial charge in [-0.05, 0) is 72.2 Å². The third-order valence-electron chi connectivity index (χ3n) is 6.26. The van der Waals surface area contributed by atoms with E-state index in [9.17, 15) is 13.2 Å². The molecule has 1 atom stereocenters. The van der Waals surface area contributed by atoms with Gasteiger partial charge in [0.15, 0.2) is 9.84 Å². The molecule has 0 N–H and O–H groups in total. The number of carbonyl (C=O) groups is 1. The summed E-state index contributed by atoms with van der Waals surface area (Å²) < 4.78 is 36.3. The van der Waals surface area contributed by atoms with Crippen molar-refractivity contribution in [3.8, 4) is 5.75 Å². The number of fused-ring (bicyclic) bond motifs is 1. The number of benzene rings is 2. The Morgan fingerprint density at radius 1 is 1.11 bits per heavy atom. The van der Waals surface area contributed by atoms with Gasteiger partial charge in [-0.15, -0.1) is 11.3 Å². The molecule has 1 aliphatic rings. The Hall–Kier alpha value is -2.39. The number of methoxy groups -OCH3 is 1. The standard InChI is InChI=1S/C27H30ClNO5S2/c1-3-13-36(31,32)24-8-6-19-15-23(16-20(19)17-24)29(27(30)26-5-4-12-35-26)18-21-14-22(28)7-9-25(21)34-11-10-33-2/h4-9,12,14,17,23H,3,10-11,13,15-16,18H2,1-2H3. The molecule has 2 aromatic carbocycles. The van der Waals surface area contributed by atoms with Crippen molar-refractivity contribution in [1.29, 1.82) is 0 Å². The van der Waals surface area contributed by atoms with Crippen LogP contribution in [-0.4, -0.2) is 51.3 Å². The van der Waals surface area contributed by atoms with Crippen LogP contribution >= 0.6 is 22.9 Å². The lowest BCUT2D eigenvalue weighted by molar-refractivity contribution is 0.0670. The highest BCUT2D eigenvalue weighted by Gasteiger charge is 2.32. The van der Waals surface area contributed by atoms with Gasteiger partial charge < -0.3 is 14.4 Å². The first kappa shape index (κ1) is 26.7. The maximum absolute atomic E-state index is 13.7. The average Bonchev–Trinajstić information content (AvgIpc) is 3.53. The summed E-state index contributed by atoms with van der Waals surface area (Å²) in [5.41, 5.74) is 2.86. The SMILES string of the molecule is CCCS(=O)(=O)c1ccc2c(c1)CC(N(Cc1cc(Cl)ccc1OCCOC)C(=O)c1cccs1)C2. The van der Waals surface area contributed by atoms with Crippen molar-refractivity contribution in [2.75, 3.05) is 26.1 Å². The summed E-state index contributed by atoms with van der Waals surface area (Å²) in [6, 6.07) is 14.3. The molecule has 4 rings (SSSR count). The lowest BCUT2D eigenvalue weighted by Gasteiger charge is -2.29. The number of carbonyl (C=O) groups excluding carboxylic acids is 1. The highest BCUT2D eigenvalue weighted by molar-refractivity contribution is 7.91. The van der Waals surface area contributed by atoms with E-state index >= 15 is 0 Å². The van der Waals surface area contributed by atoms with E-state index in [1.54, 1.807) is 25.3 Å². The monoisotopic (exact) mass is 547 g/mol. The molecule has 0 spiro atoms. The summed E-state index contributed by atoms with van der Waals surface area (Å²) in [6.07, 6.45) is 1.81. The number of hydrogen-bond acceptors (Lipinski definition) is 6. The van der Waals surface area contributed by atoms with Crippen LogP contribution in [0, 0.1) is 0 Å². The first-order valence-corrected chi connectivity index (χ1v) is 14.8. The van der Waals surface area contributed by atoms with Crippen LogP contribution in [0.25, 0.3) is 0 Å². The van der Waals surface area contributed by atoms with Gasteiger partial charge in [-0.3, -0.25) is 4.79 Å².